The molecule has 0 aromatic carbocycles. The number of anilines is 1. The van der Waals surface area contributed by atoms with Gasteiger partial charge >= 0.3 is 0 Å². The molecule has 0 atom stereocenters. The Morgan fingerprint density at radius 3 is 3.05 bits per heavy atom. The number of hydrogen-bond acceptors (Lipinski definition) is 6. The molecule has 3 heterocycles. The molecule has 0 fully saturated rings. The number of H-pyrrole nitrogens is 1. The second-order valence-corrected chi connectivity index (χ2v) is 7.22. The lowest BCUT2D eigenvalue weighted by molar-refractivity contribution is -0.0379. The molecule has 1 aliphatic heterocycles. The van der Waals surface area contributed by atoms with Crippen LogP contribution in [0.1, 0.15) is 44.6 Å². The van der Waals surface area contributed by atoms with Crippen molar-refractivity contribution in [3.8, 4) is 0 Å². The Kier molecular flexibility index (Phi) is 3.78. The maximum atomic E-state index is 12.4. The van der Waals surface area contributed by atoms with Gasteiger partial charge in [0, 0.05) is 17.0 Å². The van der Waals surface area contributed by atoms with Gasteiger partial charge in [-0.05, 0) is 32.8 Å². The van der Waals surface area contributed by atoms with Gasteiger partial charge in [0.15, 0.2) is 0 Å². The molecule has 3 rings (SSSR count). The largest absolute Gasteiger partial charge is 0.370 e. The summed E-state index contributed by atoms with van der Waals surface area (Å²) in [4.78, 5) is 21.5. The lowest BCUT2D eigenvalue weighted by Crippen LogP contribution is -2.31. The fourth-order valence-corrected chi connectivity index (χ4v) is 3.54. The van der Waals surface area contributed by atoms with E-state index in [-0.39, 0.29) is 11.2 Å². The summed E-state index contributed by atoms with van der Waals surface area (Å²) in [5.74, 6) is 0.379. The van der Waals surface area contributed by atoms with E-state index in [2.05, 4.69) is 20.5 Å². The minimum Gasteiger partial charge on any atom is -0.370 e. The first-order valence-corrected chi connectivity index (χ1v) is 8.19. The number of thiophene rings is 1. The monoisotopic (exact) mass is 320 g/mol. The van der Waals surface area contributed by atoms with Crippen LogP contribution in [0.2, 0.25) is 0 Å². The molecule has 0 unspecified atom stereocenters. The van der Waals surface area contributed by atoms with Crippen LogP contribution in [0.3, 0.4) is 0 Å². The molecular formula is C15H20N4O2S. The number of aromatic amines is 1. The van der Waals surface area contributed by atoms with Crippen molar-refractivity contribution in [1.29, 1.82) is 0 Å². The first kappa shape index (κ1) is 15.2. The van der Waals surface area contributed by atoms with E-state index in [0.717, 1.165) is 33.8 Å². The molecule has 6 nitrogen and oxygen atoms in total. The molecule has 118 valence electrons. The molecule has 0 aliphatic carbocycles. The van der Waals surface area contributed by atoms with Crippen molar-refractivity contribution >= 4 is 33.2 Å². The van der Waals surface area contributed by atoms with Crippen LogP contribution < -0.4 is 11.0 Å². The second kappa shape index (κ2) is 5.48. The fraction of sp³-hybridized carbons (Fsp3) is 0.533. The molecular weight excluding hydrogens is 300 g/mol. The highest BCUT2D eigenvalue weighted by molar-refractivity contribution is 7.18. The van der Waals surface area contributed by atoms with E-state index >= 15 is 0 Å². The zero-order valence-electron chi connectivity index (χ0n) is 13.2. The predicted octanol–water partition coefficient (Wildman–Crippen LogP) is 3.03. The SMILES string of the molecule is CC/C(C)=N\Nc1nc2sc3c(c2c(=O)[nH]1)CC(C)(C)OC3. The van der Waals surface area contributed by atoms with Gasteiger partial charge in [-0.1, -0.05) is 6.92 Å². The van der Waals surface area contributed by atoms with Crippen molar-refractivity contribution in [2.75, 3.05) is 5.43 Å². The Morgan fingerprint density at radius 1 is 1.55 bits per heavy atom. The summed E-state index contributed by atoms with van der Waals surface area (Å²) in [5, 5.41) is 4.87. The molecule has 0 spiro atoms. The summed E-state index contributed by atoms with van der Waals surface area (Å²) < 4.78 is 5.82. The van der Waals surface area contributed by atoms with Crippen molar-refractivity contribution < 1.29 is 4.74 Å². The maximum absolute atomic E-state index is 12.4. The molecule has 0 saturated heterocycles. The topological polar surface area (TPSA) is 79.4 Å². The number of rotatable bonds is 3. The third-order valence-electron chi connectivity index (χ3n) is 3.81. The molecule has 1 aliphatic rings. The molecule has 2 aromatic heterocycles. The number of ether oxygens (including phenoxy) is 1. The van der Waals surface area contributed by atoms with E-state index in [1.807, 2.05) is 27.7 Å². The average molecular weight is 320 g/mol. The van der Waals surface area contributed by atoms with Crippen molar-refractivity contribution in [1.82, 2.24) is 9.97 Å². The van der Waals surface area contributed by atoms with Crippen LogP contribution in [0, 0.1) is 0 Å². The highest BCUT2D eigenvalue weighted by atomic mass is 32.1. The highest BCUT2D eigenvalue weighted by Crippen LogP contribution is 2.36. The number of aromatic nitrogens is 2. The van der Waals surface area contributed by atoms with Gasteiger partial charge in [-0.3, -0.25) is 9.78 Å². The fourth-order valence-electron chi connectivity index (χ4n) is 2.43. The van der Waals surface area contributed by atoms with E-state index in [4.69, 9.17) is 4.74 Å². The lowest BCUT2D eigenvalue weighted by atomic mass is 9.94. The molecule has 2 aromatic rings. The molecule has 0 radical (unpaired) electrons. The van der Waals surface area contributed by atoms with Crippen LogP contribution in [-0.4, -0.2) is 21.3 Å². The van der Waals surface area contributed by atoms with Crippen molar-refractivity contribution in [2.45, 2.75) is 52.7 Å². The molecule has 2 N–H and O–H groups in total. The van der Waals surface area contributed by atoms with Crippen LogP contribution >= 0.6 is 11.3 Å². The van der Waals surface area contributed by atoms with Crippen LogP contribution in [0.15, 0.2) is 9.90 Å². The Labute approximate surface area is 132 Å². The normalized spacial score (nSPS) is 17.5. The molecule has 22 heavy (non-hydrogen) atoms. The summed E-state index contributed by atoms with van der Waals surface area (Å²) in [6, 6.07) is 0. The Morgan fingerprint density at radius 2 is 2.32 bits per heavy atom. The maximum Gasteiger partial charge on any atom is 0.261 e. The minimum absolute atomic E-state index is 0.118. The van der Waals surface area contributed by atoms with Crippen LogP contribution in [0.5, 0.6) is 0 Å². The van der Waals surface area contributed by atoms with Gasteiger partial charge in [-0.25, -0.2) is 10.4 Å². The van der Waals surface area contributed by atoms with Crippen molar-refractivity contribution in [3.05, 3.63) is 20.8 Å². The van der Waals surface area contributed by atoms with E-state index in [1.54, 1.807) is 0 Å². The number of hydrogen-bond donors (Lipinski definition) is 2. The van der Waals surface area contributed by atoms with Gasteiger partial charge < -0.3 is 4.74 Å². The quantitative estimate of drug-likeness (QED) is 0.673. The first-order valence-electron chi connectivity index (χ1n) is 7.37. The Bertz CT molecular complexity index is 804. The van der Waals surface area contributed by atoms with Crippen molar-refractivity contribution in [3.63, 3.8) is 0 Å². The third kappa shape index (κ3) is 2.78. The van der Waals surface area contributed by atoms with Crippen LogP contribution in [-0.2, 0) is 17.8 Å². The summed E-state index contributed by atoms with van der Waals surface area (Å²) in [6.45, 7) is 8.57. The van der Waals surface area contributed by atoms with Crippen LogP contribution in [0.4, 0.5) is 5.95 Å². The van der Waals surface area contributed by atoms with Gasteiger partial charge in [-0.15, -0.1) is 11.3 Å². The van der Waals surface area contributed by atoms with Crippen molar-refractivity contribution in [2.24, 2.45) is 5.10 Å². The van der Waals surface area contributed by atoms with E-state index in [0.29, 0.717) is 17.9 Å². The first-order chi connectivity index (χ1) is 10.4. The Balaban J connectivity index is 2.05. The van der Waals surface area contributed by atoms with E-state index < -0.39 is 0 Å². The van der Waals surface area contributed by atoms with Gasteiger partial charge in [-0.2, -0.15) is 5.10 Å². The van der Waals surface area contributed by atoms with Crippen LogP contribution in [0.25, 0.3) is 10.2 Å². The van der Waals surface area contributed by atoms with Gasteiger partial charge in [0.25, 0.3) is 5.56 Å². The second-order valence-electron chi connectivity index (χ2n) is 6.14. The number of hydrazone groups is 1. The smallest absolute Gasteiger partial charge is 0.261 e. The summed E-state index contributed by atoms with van der Waals surface area (Å²) in [6.07, 6.45) is 1.58. The Hall–Kier alpha value is -1.73. The number of nitrogens with zero attached hydrogens (tertiary/aromatic N) is 2. The molecule has 0 saturated carbocycles. The summed E-state index contributed by atoms with van der Waals surface area (Å²) in [5.41, 5.74) is 4.48. The van der Waals surface area contributed by atoms with Gasteiger partial charge in [0.05, 0.1) is 17.6 Å². The van der Waals surface area contributed by atoms with Gasteiger partial charge in [0.1, 0.15) is 4.83 Å². The average Bonchev–Trinajstić information content (AvgIpc) is 2.81. The standard InChI is InChI=1S/C15H20N4O2S/c1-5-8(2)18-19-14-16-12(20)11-9-6-15(3,4)21-7-10(9)22-13(11)17-14/h5-7H2,1-4H3,(H2,16,17,19,20)/b18-8-. The molecule has 0 amide bonds. The molecule has 7 heteroatoms. The number of nitrogens with one attached hydrogen (secondary N) is 2. The zero-order valence-corrected chi connectivity index (χ0v) is 14.1. The highest BCUT2D eigenvalue weighted by Gasteiger charge is 2.30. The third-order valence-corrected chi connectivity index (χ3v) is 4.90. The zero-order chi connectivity index (χ0) is 15.9. The van der Waals surface area contributed by atoms with Gasteiger partial charge in [0.2, 0.25) is 5.95 Å². The van der Waals surface area contributed by atoms with E-state index in [1.165, 1.54) is 11.3 Å². The number of fused-ring (bicyclic) bond motifs is 3. The summed E-state index contributed by atoms with van der Waals surface area (Å²) in [7, 11) is 0. The van der Waals surface area contributed by atoms with E-state index in [9.17, 15) is 4.79 Å². The minimum atomic E-state index is -0.243. The summed E-state index contributed by atoms with van der Waals surface area (Å²) >= 11 is 1.52. The lowest BCUT2D eigenvalue weighted by Gasteiger charge is -2.29. The molecule has 0 bridgehead atoms. The predicted molar refractivity (Wildman–Crippen MR) is 89.8 cm³/mol.